The number of halogens is 1. The number of fused-ring (bicyclic) bond motifs is 1. The fourth-order valence-corrected chi connectivity index (χ4v) is 3.00. The van der Waals surface area contributed by atoms with Crippen molar-refractivity contribution in [2.75, 3.05) is 7.11 Å². The van der Waals surface area contributed by atoms with E-state index in [-0.39, 0.29) is 0 Å². The van der Waals surface area contributed by atoms with Crippen molar-refractivity contribution in [3.8, 4) is 17.0 Å². The van der Waals surface area contributed by atoms with Crippen LogP contribution in [0.3, 0.4) is 0 Å². The molecule has 0 N–H and O–H groups in total. The van der Waals surface area contributed by atoms with E-state index >= 15 is 0 Å². The van der Waals surface area contributed by atoms with Gasteiger partial charge in [0.2, 0.25) is 0 Å². The molecule has 0 aliphatic heterocycles. The van der Waals surface area contributed by atoms with Crippen LogP contribution in [0.1, 0.15) is 25.3 Å². The Morgan fingerprint density at radius 2 is 2.14 bits per heavy atom. The predicted octanol–water partition coefficient (Wildman–Crippen LogP) is 4.58. The van der Waals surface area contributed by atoms with Crippen LogP contribution < -0.4 is 4.74 Å². The lowest BCUT2D eigenvalue weighted by Crippen LogP contribution is -1.94. The summed E-state index contributed by atoms with van der Waals surface area (Å²) in [4.78, 5) is 4.32. The standard InChI is InChI=1S/C16H14BrN2O2/c1-9(2)11-8-21-19-16(11)10-5-4-6-12-14(10)15(17)13(20-3)7-18-12/h4-6,8-9H,1-3H3. The normalized spacial score (nSPS) is 11.3. The third-order valence-electron chi connectivity index (χ3n) is 3.42. The van der Waals surface area contributed by atoms with E-state index in [4.69, 9.17) is 9.26 Å². The lowest BCUT2D eigenvalue weighted by Gasteiger charge is -2.10. The van der Waals surface area contributed by atoms with Crippen molar-refractivity contribution in [1.29, 1.82) is 0 Å². The summed E-state index contributed by atoms with van der Waals surface area (Å²) in [7, 11) is 1.60. The first-order valence-electron chi connectivity index (χ1n) is 6.62. The number of pyridine rings is 1. The first-order chi connectivity index (χ1) is 10.1. The Labute approximate surface area is 131 Å². The maximum atomic E-state index is 5.29. The van der Waals surface area contributed by atoms with Crippen molar-refractivity contribution in [2.24, 2.45) is 0 Å². The zero-order chi connectivity index (χ0) is 15.0. The van der Waals surface area contributed by atoms with Gasteiger partial charge in [-0.3, -0.25) is 0 Å². The van der Waals surface area contributed by atoms with Crippen LogP contribution in [0, 0.1) is 6.20 Å². The molecule has 0 aliphatic carbocycles. The molecule has 3 aromatic rings. The number of rotatable bonds is 3. The zero-order valence-corrected chi connectivity index (χ0v) is 13.6. The number of nitrogens with zero attached hydrogens (tertiary/aromatic N) is 2. The van der Waals surface area contributed by atoms with Crippen molar-refractivity contribution in [3.05, 3.63) is 40.7 Å². The van der Waals surface area contributed by atoms with Gasteiger partial charge < -0.3 is 9.26 Å². The van der Waals surface area contributed by atoms with Crippen molar-refractivity contribution in [2.45, 2.75) is 19.8 Å². The molecule has 107 valence electrons. The van der Waals surface area contributed by atoms with E-state index in [0.717, 1.165) is 32.2 Å². The first-order valence-corrected chi connectivity index (χ1v) is 7.41. The Hall–Kier alpha value is -1.88. The van der Waals surface area contributed by atoms with Crippen LogP contribution in [0.2, 0.25) is 0 Å². The first kappa shape index (κ1) is 14.1. The van der Waals surface area contributed by atoms with Crippen molar-refractivity contribution in [3.63, 3.8) is 0 Å². The highest BCUT2D eigenvalue weighted by atomic mass is 79.9. The molecule has 0 saturated carbocycles. The van der Waals surface area contributed by atoms with Gasteiger partial charge in [-0.1, -0.05) is 31.1 Å². The summed E-state index contributed by atoms with van der Waals surface area (Å²) in [5, 5.41) is 5.13. The van der Waals surface area contributed by atoms with Gasteiger partial charge in [0.15, 0.2) is 5.75 Å². The third-order valence-corrected chi connectivity index (χ3v) is 4.17. The quantitative estimate of drug-likeness (QED) is 0.696. The van der Waals surface area contributed by atoms with Gasteiger partial charge in [-0.15, -0.1) is 0 Å². The SMILES string of the molecule is COc1[c]nc2cccc(-c3nocc3C(C)C)c2c1Br. The summed E-state index contributed by atoms with van der Waals surface area (Å²) < 4.78 is 11.3. The Morgan fingerprint density at radius 3 is 2.86 bits per heavy atom. The molecule has 1 aromatic carbocycles. The van der Waals surface area contributed by atoms with E-state index in [1.165, 1.54) is 0 Å². The molecule has 0 saturated heterocycles. The second-order valence-electron chi connectivity index (χ2n) is 5.04. The molecule has 21 heavy (non-hydrogen) atoms. The number of hydrogen-bond donors (Lipinski definition) is 0. The molecule has 0 unspecified atom stereocenters. The molecule has 2 heterocycles. The third kappa shape index (κ3) is 2.31. The van der Waals surface area contributed by atoms with E-state index < -0.39 is 0 Å². The summed E-state index contributed by atoms with van der Waals surface area (Å²) in [5.41, 5.74) is 3.71. The van der Waals surface area contributed by atoms with E-state index in [2.05, 4.69) is 46.1 Å². The van der Waals surface area contributed by atoms with Crippen LogP contribution in [-0.2, 0) is 0 Å². The summed E-state index contributed by atoms with van der Waals surface area (Å²) in [6, 6.07) is 5.91. The number of hydrogen-bond acceptors (Lipinski definition) is 4. The Morgan fingerprint density at radius 1 is 1.33 bits per heavy atom. The minimum absolute atomic E-state index is 0.324. The Balaban J connectivity index is 2.35. The van der Waals surface area contributed by atoms with Crippen molar-refractivity contribution >= 4 is 26.8 Å². The fraction of sp³-hybridized carbons (Fsp3) is 0.250. The van der Waals surface area contributed by atoms with Crippen LogP contribution in [0.15, 0.2) is 33.5 Å². The molecule has 0 spiro atoms. The highest BCUT2D eigenvalue weighted by molar-refractivity contribution is 9.10. The molecule has 1 radical (unpaired) electrons. The summed E-state index contributed by atoms with van der Waals surface area (Å²) in [5.74, 6) is 0.898. The van der Waals surface area contributed by atoms with Gasteiger partial charge in [0, 0.05) is 16.5 Å². The highest BCUT2D eigenvalue weighted by Gasteiger charge is 2.18. The molecular formula is C16H14BrN2O2. The van der Waals surface area contributed by atoms with Gasteiger partial charge in [0.25, 0.3) is 0 Å². The lowest BCUT2D eigenvalue weighted by molar-refractivity contribution is 0.410. The molecular weight excluding hydrogens is 332 g/mol. The summed E-state index contributed by atoms with van der Waals surface area (Å²) in [6.45, 7) is 4.23. The van der Waals surface area contributed by atoms with Crippen LogP contribution in [-0.4, -0.2) is 17.3 Å². The molecule has 0 bridgehead atoms. The molecule has 0 atom stereocenters. The van der Waals surface area contributed by atoms with E-state index in [1.54, 1.807) is 13.4 Å². The number of aromatic nitrogens is 2. The van der Waals surface area contributed by atoms with E-state index in [1.807, 2.05) is 18.2 Å². The second kappa shape index (κ2) is 5.48. The maximum absolute atomic E-state index is 5.29. The van der Waals surface area contributed by atoms with Crippen LogP contribution in [0.4, 0.5) is 0 Å². The molecule has 0 aliphatic rings. The summed E-state index contributed by atoms with van der Waals surface area (Å²) >= 11 is 3.59. The summed E-state index contributed by atoms with van der Waals surface area (Å²) in [6.07, 6.45) is 4.58. The van der Waals surface area contributed by atoms with Crippen LogP contribution in [0.5, 0.6) is 5.75 Å². The van der Waals surface area contributed by atoms with Gasteiger partial charge in [-0.05, 0) is 27.9 Å². The number of methoxy groups -OCH3 is 1. The van der Waals surface area contributed by atoms with Gasteiger partial charge >= 0.3 is 0 Å². The average molecular weight is 346 g/mol. The molecule has 5 heteroatoms. The number of ether oxygens (including phenoxy) is 1. The maximum Gasteiger partial charge on any atom is 0.161 e. The Kier molecular flexibility index (Phi) is 3.68. The molecule has 2 aromatic heterocycles. The topological polar surface area (TPSA) is 48.2 Å². The van der Waals surface area contributed by atoms with Gasteiger partial charge in [0.1, 0.15) is 18.2 Å². The monoisotopic (exact) mass is 345 g/mol. The van der Waals surface area contributed by atoms with Crippen molar-refractivity contribution in [1.82, 2.24) is 10.1 Å². The average Bonchev–Trinajstić information content (AvgIpc) is 2.96. The lowest BCUT2D eigenvalue weighted by atomic mass is 9.97. The minimum atomic E-state index is 0.324. The van der Waals surface area contributed by atoms with Gasteiger partial charge in [0.05, 0.1) is 17.1 Å². The zero-order valence-electron chi connectivity index (χ0n) is 12.0. The number of benzene rings is 1. The highest BCUT2D eigenvalue weighted by Crippen LogP contribution is 2.39. The Bertz CT molecular complexity index is 796. The van der Waals surface area contributed by atoms with E-state index in [0.29, 0.717) is 11.7 Å². The molecule has 4 nitrogen and oxygen atoms in total. The molecule has 0 amide bonds. The van der Waals surface area contributed by atoms with Crippen LogP contribution in [0.25, 0.3) is 22.2 Å². The van der Waals surface area contributed by atoms with Gasteiger partial charge in [-0.25, -0.2) is 4.98 Å². The molecule has 0 fully saturated rings. The van der Waals surface area contributed by atoms with Crippen LogP contribution >= 0.6 is 15.9 Å². The van der Waals surface area contributed by atoms with Crippen molar-refractivity contribution < 1.29 is 9.26 Å². The predicted molar refractivity (Wildman–Crippen MR) is 84.4 cm³/mol. The van der Waals surface area contributed by atoms with Gasteiger partial charge in [-0.2, -0.15) is 0 Å². The van der Waals surface area contributed by atoms with E-state index in [9.17, 15) is 0 Å². The fourth-order valence-electron chi connectivity index (χ4n) is 2.33. The molecule has 3 rings (SSSR count). The minimum Gasteiger partial charge on any atom is -0.493 e. The second-order valence-corrected chi connectivity index (χ2v) is 5.84. The smallest absolute Gasteiger partial charge is 0.161 e. The largest absolute Gasteiger partial charge is 0.493 e.